The van der Waals surface area contributed by atoms with E-state index < -0.39 is 11.7 Å². The number of carbonyl (C=O) groups is 2. The van der Waals surface area contributed by atoms with Crippen molar-refractivity contribution in [1.29, 1.82) is 0 Å². The Balaban J connectivity index is 1.28. The molecular weight excluding hydrogens is 457 g/mol. The molecule has 6 nitrogen and oxygen atoms in total. The van der Waals surface area contributed by atoms with Crippen molar-refractivity contribution in [3.05, 3.63) is 88.9 Å². The van der Waals surface area contributed by atoms with Crippen LogP contribution < -0.4 is 0 Å². The Morgan fingerprint density at radius 1 is 0.943 bits per heavy atom. The Bertz CT molecular complexity index is 1510. The first kappa shape index (κ1) is 21.5. The zero-order valence-corrected chi connectivity index (χ0v) is 18.4. The number of amides is 1. The molecule has 35 heavy (non-hydrogen) atoms. The third kappa shape index (κ3) is 3.50. The number of aromatic nitrogens is 3. The van der Waals surface area contributed by atoms with Crippen molar-refractivity contribution < 1.29 is 22.8 Å². The number of alkyl halides is 3. The molecule has 9 heteroatoms. The highest BCUT2D eigenvalue weighted by Crippen LogP contribution is 2.37. The van der Waals surface area contributed by atoms with Gasteiger partial charge in [-0.25, -0.2) is 0 Å². The van der Waals surface area contributed by atoms with Crippen LogP contribution in [0.1, 0.15) is 56.4 Å². The summed E-state index contributed by atoms with van der Waals surface area (Å²) in [7, 11) is 0. The first-order valence-corrected chi connectivity index (χ1v) is 11.3. The number of carbonyl (C=O) groups excluding carboxylic acids is 2. The molecule has 2 aromatic heterocycles. The van der Waals surface area contributed by atoms with Gasteiger partial charge in [0.25, 0.3) is 5.91 Å². The lowest BCUT2D eigenvalue weighted by Crippen LogP contribution is -2.39. The molecule has 1 saturated heterocycles. The maximum atomic E-state index is 13.4. The third-order valence-electron chi connectivity index (χ3n) is 6.80. The molecule has 1 aliphatic carbocycles. The van der Waals surface area contributed by atoms with E-state index in [1.807, 2.05) is 18.2 Å². The van der Waals surface area contributed by atoms with Gasteiger partial charge in [-0.15, -0.1) is 10.2 Å². The number of benzene rings is 2. The number of halogens is 3. The van der Waals surface area contributed by atoms with Crippen LogP contribution in [0.3, 0.4) is 0 Å². The lowest BCUT2D eigenvalue weighted by atomic mass is 9.96. The van der Waals surface area contributed by atoms with Crippen LogP contribution in [0, 0.1) is 0 Å². The molecule has 176 valence electrons. The quantitative estimate of drug-likeness (QED) is 0.361. The predicted molar refractivity (Wildman–Crippen MR) is 121 cm³/mol. The van der Waals surface area contributed by atoms with Crippen LogP contribution in [0.25, 0.3) is 16.8 Å². The summed E-state index contributed by atoms with van der Waals surface area (Å²) >= 11 is 0. The van der Waals surface area contributed by atoms with Crippen LogP contribution in [0.5, 0.6) is 0 Å². The molecule has 0 spiro atoms. The number of hydrogen-bond donors (Lipinski definition) is 0. The fourth-order valence-corrected chi connectivity index (χ4v) is 5.07. The fraction of sp³-hybridized carbons (Fsp3) is 0.231. The molecular formula is C26H19F3N4O2. The van der Waals surface area contributed by atoms with Crippen molar-refractivity contribution in [3.63, 3.8) is 0 Å². The minimum Gasteiger partial charge on any atom is -0.338 e. The summed E-state index contributed by atoms with van der Waals surface area (Å²) < 4.78 is 41.1. The molecule has 0 N–H and O–H groups in total. The zero-order valence-electron chi connectivity index (χ0n) is 18.4. The molecule has 3 heterocycles. The summed E-state index contributed by atoms with van der Waals surface area (Å²) in [6.07, 6.45) is -2.11. The Labute approximate surface area is 198 Å². The molecule has 2 aromatic carbocycles. The van der Waals surface area contributed by atoms with Crippen molar-refractivity contribution >= 4 is 17.3 Å². The Morgan fingerprint density at radius 3 is 2.51 bits per heavy atom. The monoisotopic (exact) mass is 476 g/mol. The molecule has 1 fully saturated rings. The Hall–Kier alpha value is -4.01. The van der Waals surface area contributed by atoms with E-state index in [1.54, 1.807) is 29.2 Å². The third-order valence-corrected chi connectivity index (χ3v) is 6.80. The number of likely N-dealkylation sites (tertiary alicyclic amines) is 1. The van der Waals surface area contributed by atoms with Gasteiger partial charge in [-0.2, -0.15) is 13.2 Å². The van der Waals surface area contributed by atoms with Crippen LogP contribution >= 0.6 is 0 Å². The van der Waals surface area contributed by atoms with Crippen LogP contribution in [-0.2, 0) is 6.18 Å². The van der Waals surface area contributed by atoms with E-state index in [0.29, 0.717) is 54.1 Å². The molecule has 0 bridgehead atoms. The zero-order chi connectivity index (χ0) is 24.3. The van der Waals surface area contributed by atoms with E-state index >= 15 is 0 Å². The molecule has 1 aliphatic heterocycles. The van der Waals surface area contributed by atoms with Gasteiger partial charge in [-0.3, -0.25) is 14.0 Å². The second kappa shape index (κ2) is 7.76. The van der Waals surface area contributed by atoms with E-state index in [0.717, 1.165) is 23.4 Å². The number of ketones is 1. The van der Waals surface area contributed by atoms with Gasteiger partial charge in [-0.1, -0.05) is 30.3 Å². The van der Waals surface area contributed by atoms with Gasteiger partial charge in [0.05, 0.1) is 5.56 Å². The summed E-state index contributed by atoms with van der Waals surface area (Å²) in [6, 6.07) is 14.8. The van der Waals surface area contributed by atoms with Gasteiger partial charge in [0.1, 0.15) is 5.82 Å². The molecule has 1 amide bonds. The number of rotatable bonds is 2. The minimum absolute atomic E-state index is 0.0998. The summed E-state index contributed by atoms with van der Waals surface area (Å²) in [6.45, 7) is 0.826. The summed E-state index contributed by atoms with van der Waals surface area (Å²) in [5.41, 5.74) is 2.77. The highest BCUT2D eigenvalue weighted by molar-refractivity contribution is 6.22. The number of nitrogens with zero attached hydrogens (tertiary/aromatic N) is 4. The van der Waals surface area contributed by atoms with Gasteiger partial charge >= 0.3 is 6.18 Å². The largest absolute Gasteiger partial charge is 0.417 e. The normalized spacial score (nSPS) is 17.5. The number of hydrogen-bond acceptors (Lipinski definition) is 4. The van der Waals surface area contributed by atoms with Gasteiger partial charge in [0, 0.05) is 41.9 Å². The number of piperidine rings is 1. The van der Waals surface area contributed by atoms with E-state index in [1.165, 1.54) is 10.5 Å². The van der Waals surface area contributed by atoms with Crippen molar-refractivity contribution in [1.82, 2.24) is 19.5 Å². The van der Waals surface area contributed by atoms with Crippen LogP contribution in [0.4, 0.5) is 13.2 Å². The lowest BCUT2D eigenvalue weighted by molar-refractivity contribution is -0.137. The molecule has 6 rings (SSSR count). The Kier molecular flexibility index (Phi) is 4.77. The fourth-order valence-electron chi connectivity index (χ4n) is 5.07. The van der Waals surface area contributed by atoms with E-state index in [4.69, 9.17) is 0 Å². The summed E-state index contributed by atoms with van der Waals surface area (Å²) in [5, 5.41) is 8.17. The smallest absolute Gasteiger partial charge is 0.338 e. The average molecular weight is 476 g/mol. The van der Waals surface area contributed by atoms with E-state index in [-0.39, 0.29) is 17.6 Å². The van der Waals surface area contributed by atoms with Gasteiger partial charge in [0.15, 0.2) is 11.4 Å². The average Bonchev–Trinajstić information content (AvgIpc) is 3.42. The van der Waals surface area contributed by atoms with Crippen molar-refractivity contribution in [2.45, 2.75) is 24.9 Å². The minimum atomic E-state index is -4.48. The summed E-state index contributed by atoms with van der Waals surface area (Å²) in [4.78, 5) is 27.9. The van der Waals surface area contributed by atoms with E-state index in [2.05, 4.69) is 10.2 Å². The highest BCUT2D eigenvalue weighted by atomic mass is 19.4. The maximum absolute atomic E-state index is 13.4. The number of pyridine rings is 1. The van der Waals surface area contributed by atoms with Crippen molar-refractivity contribution in [2.24, 2.45) is 0 Å². The predicted octanol–water partition coefficient (Wildman–Crippen LogP) is 4.98. The first-order valence-electron chi connectivity index (χ1n) is 11.3. The molecule has 1 unspecified atom stereocenters. The van der Waals surface area contributed by atoms with Crippen LogP contribution in [0.2, 0.25) is 0 Å². The topological polar surface area (TPSA) is 67.6 Å². The molecule has 0 radical (unpaired) electrons. The van der Waals surface area contributed by atoms with Crippen LogP contribution in [-0.4, -0.2) is 44.3 Å². The lowest BCUT2D eigenvalue weighted by Gasteiger charge is -2.32. The first-order chi connectivity index (χ1) is 16.8. The second-order valence-electron chi connectivity index (χ2n) is 8.93. The standard InChI is InChI=1S/C26H19F3N4O2/c27-26(28,29)17-8-10-22-30-31-24(33(22)14-17)16-4-3-11-32(13-16)25(35)15-7-9-19-18-5-1-2-6-20(18)23(34)21(19)12-15/h1-2,5-10,12,14,16H,3-4,11,13H2. The number of fused-ring (bicyclic) bond motifs is 4. The van der Waals surface area contributed by atoms with E-state index in [9.17, 15) is 22.8 Å². The highest BCUT2D eigenvalue weighted by Gasteiger charge is 2.33. The molecule has 2 aliphatic rings. The Morgan fingerprint density at radius 2 is 1.71 bits per heavy atom. The second-order valence-corrected chi connectivity index (χ2v) is 8.93. The maximum Gasteiger partial charge on any atom is 0.417 e. The van der Waals surface area contributed by atoms with Gasteiger partial charge in [0.2, 0.25) is 0 Å². The van der Waals surface area contributed by atoms with Gasteiger partial charge < -0.3 is 4.90 Å². The van der Waals surface area contributed by atoms with Gasteiger partial charge in [-0.05, 0) is 48.2 Å². The van der Waals surface area contributed by atoms with Crippen molar-refractivity contribution in [3.8, 4) is 11.1 Å². The molecule has 4 aromatic rings. The van der Waals surface area contributed by atoms with Crippen molar-refractivity contribution in [2.75, 3.05) is 13.1 Å². The molecule has 0 saturated carbocycles. The molecule has 1 atom stereocenters. The summed E-state index contributed by atoms with van der Waals surface area (Å²) in [5.74, 6) is -0.169. The van der Waals surface area contributed by atoms with Crippen LogP contribution in [0.15, 0.2) is 60.8 Å². The SMILES string of the molecule is O=C1c2ccccc2-c2ccc(C(=O)N3CCCC(c4nnc5ccc(C(F)(F)F)cn45)C3)cc21.